The maximum atomic E-state index is 12.7. The highest BCUT2D eigenvalue weighted by Crippen LogP contribution is 2.30. The van der Waals surface area contributed by atoms with Gasteiger partial charge in [-0.05, 0) is 43.4 Å². The molecular formula is C19H20N4OS2. The van der Waals surface area contributed by atoms with Crippen LogP contribution in [0.1, 0.15) is 23.2 Å². The molecule has 1 saturated heterocycles. The number of carbonyl (C=O) groups is 1. The number of anilines is 1. The third kappa shape index (κ3) is 3.54. The monoisotopic (exact) mass is 384 g/mol. The van der Waals surface area contributed by atoms with E-state index < -0.39 is 0 Å². The Bertz CT molecular complexity index is 894. The van der Waals surface area contributed by atoms with Crippen molar-refractivity contribution >= 4 is 44.4 Å². The van der Waals surface area contributed by atoms with Crippen molar-refractivity contribution in [3.05, 3.63) is 48.2 Å². The topological polar surface area (TPSA) is 58.1 Å². The highest BCUT2D eigenvalue weighted by molar-refractivity contribution is 7.98. The van der Waals surface area contributed by atoms with Crippen LogP contribution >= 0.6 is 23.1 Å². The van der Waals surface area contributed by atoms with E-state index in [0.717, 1.165) is 41.6 Å². The number of pyridine rings is 1. The SMILES string of the molecule is CSc1ncccc1C(=O)N[C@H]1CCCN(c2nc3ccccc3s2)C1. The van der Waals surface area contributed by atoms with Gasteiger partial charge in [-0.1, -0.05) is 23.5 Å². The number of para-hydroxylation sites is 1. The maximum absolute atomic E-state index is 12.7. The number of thioether (sulfide) groups is 1. The summed E-state index contributed by atoms with van der Waals surface area (Å²) in [5.74, 6) is -0.0430. The molecule has 3 aromatic rings. The summed E-state index contributed by atoms with van der Waals surface area (Å²) in [6, 6.07) is 12.0. The van der Waals surface area contributed by atoms with Crippen LogP contribution in [0.4, 0.5) is 5.13 Å². The summed E-state index contributed by atoms with van der Waals surface area (Å²) in [7, 11) is 0. The van der Waals surface area contributed by atoms with Crippen molar-refractivity contribution in [2.24, 2.45) is 0 Å². The van der Waals surface area contributed by atoms with E-state index in [9.17, 15) is 4.79 Å². The van der Waals surface area contributed by atoms with Gasteiger partial charge < -0.3 is 10.2 Å². The molecule has 0 bridgehead atoms. The highest BCUT2D eigenvalue weighted by Gasteiger charge is 2.24. The summed E-state index contributed by atoms with van der Waals surface area (Å²) < 4.78 is 1.20. The fourth-order valence-corrected chi connectivity index (χ4v) is 4.80. The number of aromatic nitrogens is 2. The summed E-state index contributed by atoms with van der Waals surface area (Å²) in [6.07, 6.45) is 5.69. The second-order valence-electron chi connectivity index (χ2n) is 6.28. The Kier molecular flexibility index (Phi) is 5.08. The molecule has 0 radical (unpaired) electrons. The first-order valence-electron chi connectivity index (χ1n) is 8.65. The van der Waals surface area contributed by atoms with E-state index >= 15 is 0 Å². The van der Waals surface area contributed by atoms with Gasteiger partial charge in [-0.15, -0.1) is 11.8 Å². The zero-order valence-corrected chi connectivity index (χ0v) is 16.1. The first kappa shape index (κ1) is 17.3. The summed E-state index contributed by atoms with van der Waals surface area (Å²) >= 11 is 3.21. The Hall–Kier alpha value is -2.12. The number of benzene rings is 1. The third-order valence-electron chi connectivity index (χ3n) is 4.52. The molecule has 0 saturated carbocycles. The molecule has 0 spiro atoms. The smallest absolute Gasteiger partial charge is 0.254 e. The van der Waals surface area contributed by atoms with Crippen molar-refractivity contribution in [2.75, 3.05) is 24.2 Å². The number of nitrogens with one attached hydrogen (secondary N) is 1. The van der Waals surface area contributed by atoms with Crippen LogP contribution in [0.25, 0.3) is 10.2 Å². The number of nitrogens with zero attached hydrogens (tertiary/aromatic N) is 3. The second-order valence-corrected chi connectivity index (χ2v) is 8.09. The number of amides is 1. The minimum atomic E-state index is -0.0430. The molecule has 26 heavy (non-hydrogen) atoms. The molecule has 2 aromatic heterocycles. The third-order valence-corrected chi connectivity index (χ3v) is 6.33. The zero-order chi connectivity index (χ0) is 17.9. The van der Waals surface area contributed by atoms with Gasteiger partial charge in [0.25, 0.3) is 5.91 Å². The van der Waals surface area contributed by atoms with Crippen LogP contribution in [0, 0.1) is 0 Å². The molecule has 1 N–H and O–H groups in total. The standard InChI is InChI=1S/C19H20N4OS2/c1-25-18-14(7-4-10-20-18)17(24)21-13-6-5-11-23(12-13)19-22-15-8-2-3-9-16(15)26-19/h2-4,7-10,13H,5-6,11-12H2,1H3,(H,21,24)/t13-/m0/s1. The molecule has 1 amide bonds. The normalized spacial score (nSPS) is 17.4. The summed E-state index contributed by atoms with van der Waals surface area (Å²) in [4.78, 5) is 24.0. The van der Waals surface area contributed by atoms with E-state index in [0.29, 0.717) is 5.56 Å². The fraction of sp³-hybridized carbons (Fsp3) is 0.316. The summed E-state index contributed by atoms with van der Waals surface area (Å²) in [6.45, 7) is 1.77. The van der Waals surface area contributed by atoms with Crippen molar-refractivity contribution in [3.63, 3.8) is 0 Å². The van der Waals surface area contributed by atoms with Gasteiger partial charge in [0.15, 0.2) is 5.13 Å². The Labute approximate surface area is 160 Å². The van der Waals surface area contributed by atoms with E-state index in [1.54, 1.807) is 17.5 Å². The Morgan fingerprint density at radius 2 is 2.19 bits per heavy atom. The molecule has 0 unspecified atom stereocenters. The summed E-state index contributed by atoms with van der Waals surface area (Å²) in [5.41, 5.74) is 1.69. The van der Waals surface area contributed by atoms with Crippen molar-refractivity contribution in [2.45, 2.75) is 23.9 Å². The molecule has 4 rings (SSSR count). The van der Waals surface area contributed by atoms with Gasteiger partial charge in [-0.25, -0.2) is 9.97 Å². The van der Waals surface area contributed by atoms with Gasteiger partial charge >= 0.3 is 0 Å². The lowest BCUT2D eigenvalue weighted by molar-refractivity contribution is 0.0929. The molecular weight excluding hydrogens is 364 g/mol. The van der Waals surface area contributed by atoms with Crippen LogP contribution in [0.15, 0.2) is 47.6 Å². The second kappa shape index (κ2) is 7.63. The molecule has 1 aliphatic rings. The molecule has 0 aliphatic carbocycles. The Morgan fingerprint density at radius 3 is 3.04 bits per heavy atom. The number of piperidine rings is 1. The van der Waals surface area contributed by atoms with Gasteiger partial charge in [0.1, 0.15) is 5.03 Å². The fourth-order valence-electron chi connectivity index (χ4n) is 3.25. The number of thiazole rings is 1. The van der Waals surface area contributed by atoms with Crippen molar-refractivity contribution in [1.29, 1.82) is 0 Å². The molecule has 1 aliphatic heterocycles. The van der Waals surface area contributed by atoms with E-state index in [1.165, 1.54) is 16.5 Å². The quantitative estimate of drug-likeness (QED) is 0.693. The highest BCUT2D eigenvalue weighted by atomic mass is 32.2. The lowest BCUT2D eigenvalue weighted by atomic mass is 10.1. The first-order chi connectivity index (χ1) is 12.7. The Morgan fingerprint density at radius 1 is 1.31 bits per heavy atom. The Balaban J connectivity index is 1.47. The molecule has 1 fully saturated rings. The zero-order valence-electron chi connectivity index (χ0n) is 14.5. The predicted molar refractivity (Wildman–Crippen MR) is 108 cm³/mol. The average Bonchev–Trinajstić information content (AvgIpc) is 3.12. The minimum absolute atomic E-state index is 0.0430. The van der Waals surface area contributed by atoms with Gasteiger partial charge in [0.2, 0.25) is 0 Å². The van der Waals surface area contributed by atoms with E-state index in [2.05, 4.69) is 21.3 Å². The molecule has 1 atom stereocenters. The molecule has 5 nitrogen and oxygen atoms in total. The largest absolute Gasteiger partial charge is 0.347 e. The van der Waals surface area contributed by atoms with E-state index in [4.69, 9.17) is 4.98 Å². The van der Waals surface area contributed by atoms with Crippen LogP contribution in [-0.4, -0.2) is 41.3 Å². The van der Waals surface area contributed by atoms with Gasteiger partial charge in [0, 0.05) is 25.3 Å². The van der Waals surface area contributed by atoms with E-state index in [-0.39, 0.29) is 11.9 Å². The first-order valence-corrected chi connectivity index (χ1v) is 10.7. The van der Waals surface area contributed by atoms with Crippen molar-refractivity contribution < 1.29 is 4.79 Å². The van der Waals surface area contributed by atoms with Crippen LogP contribution in [0.3, 0.4) is 0 Å². The van der Waals surface area contributed by atoms with Crippen LogP contribution in [0.5, 0.6) is 0 Å². The number of rotatable bonds is 4. The van der Waals surface area contributed by atoms with Crippen molar-refractivity contribution in [3.8, 4) is 0 Å². The summed E-state index contributed by atoms with van der Waals surface area (Å²) in [5, 5.41) is 4.99. The van der Waals surface area contributed by atoms with Gasteiger partial charge in [-0.2, -0.15) is 0 Å². The average molecular weight is 385 g/mol. The molecule has 7 heteroatoms. The van der Waals surface area contributed by atoms with Crippen LogP contribution < -0.4 is 10.2 Å². The number of fused-ring (bicyclic) bond motifs is 1. The number of hydrogen-bond donors (Lipinski definition) is 1. The maximum Gasteiger partial charge on any atom is 0.254 e. The minimum Gasteiger partial charge on any atom is -0.347 e. The number of hydrogen-bond acceptors (Lipinski definition) is 6. The van der Waals surface area contributed by atoms with Gasteiger partial charge in [0.05, 0.1) is 15.8 Å². The predicted octanol–water partition coefficient (Wildman–Crippen LogP) is 3.81. The lowest BCUT2D eigenvalue weighted by Crippen LogP contribution is -2.48. The van der Waals surface area contributed by atoms with Crippen LogP contribution in [-0.2, 0) is 0 Å². The van der Waals surface area contributed by atoms with Gasteiger partial charge in [-0.3, -0.25) is 4.79 Å². The molecule has 134 valence electrons. The van der Waals surface area contributed by atoms with Crippen molar-refractivity contribution in [1.82, 2.24) is 15.3 Å². The van der Waals surface area contributed by atoms with Crippen LogP contribution in [0.2, 0.25) is 0 Å². The van der Waals surface area contributed by atoms with E-state index in [1.807, 2.05) is 36.6 Å². The number of carbonyl (C=O) groups excluding carboxylic acids is 1. The lowest BCUT2D eigenvalue weighted by Gasteiger charge is -2.33. The molecule has 3 heterocycles. The molecule has 1 aromatic carbocycles.